The van der Waals surface area contributed by atoms with Crippen molar-refractivity contribution in [1.82, 2.24) is 9.80 Å². The van der Waals surface area contributed by atoms with Crippen LogP contribution in [-0.4, -0.2) is 59.9 Å². The maximum atomic E-state index is 13.0. The summed E-state index contributed by atoms with van der Waals surface area (Å²) in [5.74, 6) is 0.478. The number of benzene rings is 1. The van der Waals surface area contributed by atoms with Crippen molar-refractivity contribution in [3.63, 3.8) is 0 Å². The Morgan fingerprint density at radius 3 is 2.46 bits per heavy atom. The number of anilines is 1. The number of para-hydroxylation sites is 1. The van der Waals surface area contributed by atoms with Gasteiger partial charge in [-0.1, -0.05) is 18.2 Å². The summed E-state index contributed by atoms with van der Waals surface area (Å²) >= 11 is 0. The van der Waals surface area contributed by atoms with Gasteiger partial charge in [-0.25, -0.2) is 0 Å². The van der Waals surface area contributed by atoms with Crippen LogP contribution < -0.4 is 4.90 Å². The van der Waals surface area contributed by atoms with Crippen molar-refractivity contribution in [1.29, 1.82) is 0 Å². The third-order valence-corrected chi connectivity index (χ3v) is 5.86. The van der Waals surface area contributed by atoms with Gasteiger partial charge in [0.1, 0.15) is 0 Å². The maximum absolute atomic E-state index is 13.0. The highest BCUT2D eigenvalue weighted by atomic mass is 16.2. The van der Waals surface area contributed by atoms with Crippen LogP contribution in [0.3, 0.4) is 0 Å². The molecule has 1 aromatic carbocycles. The minimum atomic E-state index is -0.131. The topological polar surface area (TPSA) is 43.9 Å². The highest BCUT2D eigenvalue weighted by Gasteiger charge is 2.33. The van der Waals surface area contributed by atoms with Gasteiger partial charge in [0.15, 0.2) is 0 Å². The average Bonchev–Trinajstić information content (AvgIpc) is 2.69. The number of likely N-dealkylation sites (tertiary alicyclic amines) is 2. The van der Waals surface area contributed by atoms with Crippen molar-refractivity contribution in [2.45, 2.75) is 58.0 Å². The summed E-state index contributed by atoms with van der Waals surface area (Å²) in [5.41, 5.74) is 0.959. The smallest absolute Gasteiger partial charge is 0.244 e. The van der Waals surface area contributed by atoms with Gasteiger partial charge < -0.3 is 9.80 Å². The number of piperidine rings is 2. The minimum absolute atomic E-state index is 0.131. The van der Waals surface area contributed by atoms with E-state index in [9.17, 15) is 9.59 Å². The van der Waals surface area contributed by atoms with Gasteiger partial charge in [-0.2, -0.15) is 0 Å². The monoisotopic (exact) mass is 357 g/mol. The zero-order chi connectivity index (χ0) is 18.5. The van der Waals surface area contributed by atoms with Crippen molar-refractivity contribution in [2.75, 3.05) is 31.1 Å². The summed E-state index contributed by atoms with van der Waals surface area (Å²) < 4.78 is 0. The molecule has 2 aliphatic heterocycles. The number of nitrogens with zero attached hydrogens (tertiary/aromatic N) is 3. The summed E-state index contributed by atoms with van der Waals surface area (Å²) in [7, 11) is 0. The molecule has 5 heteroatoms. The molecule has 1 unspecified atom stereocenters. The lowest BCUT2D eigenvalue weighted by molar-refractivity contribution is -0.137. The van der Waals surface area contributed by atoms with Crippen molar-refractivity contribution in [2.24, 2.45) is 0 Å². The van der Waals surface area contributed by atoms with E-state index in [-0.39, 0.29) is 11.9 Å². The third kappa shape index (κ3) is 4.09. The van der Waals surface area contributed by atoms with E-state index in [0.717, 1.165) is 51.0 Å². The van der Waals surface area contributed by atoms with Crippen LogP contribution in [0.5, 0.6) is 0 Å². The first-order valence-electron chi connectivity index (χ1n) is 10.0. The first-order chi connectivity index (χ1) is 12.6. The van der Waals surface area contributed by atoms with Crippen molar-refractivity contribution < 1.29 is 9.59 Å². The minimum Gasteiger partial charge on any atom is -0.340 e. The van der Waals surface area contributed by atoms with Crippen molar-refractivity contribution >= 4 is 17.5 Å². The molecule has 2 heterocycles. The number of carbonyl (C=O) groups is 2. The van der Waals surface area contributed by atoms with Gasteiger partial charge in [-0.15, -0.1) is 0 Å². The molecule has 0 bridgehead atoms. The molecule has 0 N–H and O–H groups in total. The molecule has 2 amide bonds. The zero-order valence-electron chi connectivity index (χ0n) is 16.1. The van der Waals surface area contributed by atoms with Crippen molar-refractivity contribution in [3.05, 3.63) is 30.3 Å². The summed E-state index contributed by atoms with van der Waals surface area (Å²) in [5, 5.41) is 0. The highest BCUT2D eigenvalue weighted by molar-refractivity contribution is 5.96. The molecular formula is C21H31N3O2. The van der Waals surface area contributed by atoms with Gasteiger partial charge in [0.2, 0.25) is 11.8 Å². The van der Waals surface area contributed by atoms with E-state index in [2.05, 4.69) is 9.80 Å². The molecule has 0 saturated carbocycles. The third-order valence-electron chi connectivity index (χ3n) is 5.86. The SMILES string of the molecule is CCN(C(=O)C(C)N1CCC(N2CCCCC2=O)CC1)c1ccccc1. The molecule has 1 atom stereocenters. The molecule has 0 aliphatic carbocycles. The lowest BCUT2D eigenvalue weighted by Gasteiger charge is -2.42. The van der Waals surface area contributed by atoms with Gasteiger partial charge >= 0.3 is 0 Å². The zero-order valence-corrected chi connectivity index (χ0v) is 16.1. The lowest BCUT2D eigenvalue weighted by atomic mass is 9.98. The van der Waals surface area contributed by atoms with Crippen LogP contribution in [0.1, 0.15) is 46.0 Å². The lowest BCUT2D eigenvalue weighted by Crippen LogP contribution is -2.54. The highest BCUT2D eigenvalue weighted by Crippen LogP contribution is 2.24. The van der Waals surface area contributed by atoms with Gasteiger partial charge in [0, 0.05) is 44.3 Å². The molecule has 2 saturated heterocycles. The molecule has 26 heavy (non-hydrogen) atoms. The van der Waals surface area contributed by atoms with Crippen LogP contribution in [0.25, 0.3) is 0 Å². The van der Waals surface area contributed by atoms with E-state index in [1.807, 2.05) is 49.1 Å². The number of hydrogen-bond acceptors (Lipinski definition) is 3. The Morgan fingerprint density at radius 1 is 1.15 bits per heavy atom. The molecular weight excluding hydrogens is 326 g/mol. The number of likely N-dealkylation sites (N-methyl/N-ethyl adjacent to an activating group) is 1. The Labute approximate surface area is 156 Å². The van der Waals surface area contributed by atoms with E-state index < -0.39 is 0 Å². The van der Waals surface area contributed by atoms with Gasteiger partial charge in [-0.3, -0.25) is 14.5 Å². The summed E-state index contributed by atoms with van der Waals surface area (Å²) in [4.78, 5) is 31.4. The van der Waals surface area contributed by atoms with E-state index >= 15 is 0 Å². The normalized spacial score (nSPS) is 20.8. The van der Waals surface area contributed by atoms with Gasteiger partial charge in [0.05, 0.1) is 6.04 Å². The Hall–Kier alpha value is -1.88. The molecule has 0 spiro atoms. The predicted octanol–water partition coefficient (Wildman–Crippen LogP) is 2.90. The molecule has 2 fully saturated rings. The van der Waals surface area contributed by atoms with E-state index in [4.69, 9.17) is 0 Å². The maximum Gasteiger partial charge on any atom is 0.244 e. The molecule has 5 nitrogen and oxygen atoms in total. The standard InChI is InChI=1S/C21H31N3O2/c1-3-23(18-9-5-4-6-10-18)21(26)17(2)22-15-12-19(13-16-22)24-14-8-7-11-20(24)25/h4-6,9-10,17,19H,3,7-8,11-16H2,1-2H3. The molecule has 3 rings (SSSR count). The summed E-state index contributed by atoms with van der Waals surface area (Å²) in [6, 6.07) is 10.1. The molecule has 2 aliphatic rings. The Balaban J connectivity index is 1.58. The quantitative estimate of drug-likeness (QED) is 0.814. The summed E-state index contributed by atoms with van der Waals surface area (Å²) in [6.45, 7) is 7.38. The number of amides is 2. The second-order valence-corrected chi connectivity index (χ2v) is 7.41. The number of hydrogen-bond donors (Lipinski definition) is 0. The molecule has 0 aromatic heterocycles. The largest absolute Gasteiger partial charge is 0.340 e. The van der Waals surface area contributed by atoms with Crippen LogP contribution in [0.15, 0.2) is 30.3 Å². The first kappa shape index (κ1) is 18.9. The fourth-order valence-corrected chi connectivity index (χ4v) is 4.25. The van der Waals surface area contributed by atoms with Gasteiger partial charge in [0.25, 0.3) is 0 Å². The van der Waals surface area contributed by atoms with Crippen LogP contribution in [0.4, 0.5) is 5.69 Å². The van der Waals surface area contributed by atoms with Crippen molar-refractivity contribution in [3.8, 4) is 0 Å². The van der Waals surface area contributed by atoms with Crippen LogP contribution in [0.2, 0.25) is 0 Å². The number of rotatable bonds is 5. The van der Waals surface area contributed by atoms with Crippen LogP contribution in [-0.2, 0) is 9.59 Å². The molecule has 0 radical (unpaired) electrons. The first-order valence-corrected chi connectivity index (χ1v) is 10.0. The van der Waals surface area contributed by atoms with Crippen LogP contribution >= 0.6 is 0 Å². The fraction of sp³-hybridized carbons (Fsp3) is 0.619. The van der Waals surface area contributed by atoms with E-state index in [0.29, 0.717) is 24.9 Å². The number of carbonyl (C=O) groups excluding carboxylic acids is 2. The van der Waals surface area contributed by atoms with E-state index in [1.165, 1.54) is 0 Å². The summed E-state index contributed by atoms with van der Waals surface area (Å²) in [6.07, 6.45) is 4.81. The fourth-order valence-electron chi connectivity index (χ4n) is 4.25. The molecule has 1 aromatic rings. The second-order valence-electron chi connectivity index (χ2n) is 7.41. The average molecular weight is 357 g/mol. The Morgan fingerprint density at radius 2 is 1.85 bits per heavy atom. The van der Waals surface area contributed by atoms with Crippen LogP contribution in [0, 0.1) is 0 Å². The van der Waals surface area contributed by atoms with E-state index in [1.54, 1.807) is 0 Å². The Bertz CT molecular complexity index is 611. The predicted molar refractivity (Wildman–Crippen MR) is 104 cm³/mol. The molecule has 142 valence electrons. The Kier molecular flexibility index (Phi) is 6.30. The van der Waals surface area contributed by atoms with Gasteiger partial charge in [-0.05, 0) is 51.7 Å². The second kappa shape index (κ2) is 8.67.